The van der Waals surface area contributed by atoms with E-state index >= 15 is 0 Å². The summed E-state index contributed by atoms with van der Waals surface area (Å²) >= 11 is 0. The number of benzene rings is 4. The topological polar surface area (TPSA) is 86.8 Å². The first-order valence-corrected chi connectivity index (χ1v) is 16.9. The quantitative estimate of drug-likeness (QED) is 0.174. The fourth-order valence-corrected chi connectivity index (χ4v) is 6.51. The molecule has 0 radical (unpaired) electrons. The highest BCUT2D eigenvalue weighted by Crippen LogP contribution is 2.27. The van der Waals surface area contributed by atoms with Crippen LogP contribution in [0.2, 0.25) is 0 Å². The number of aryl methyl sites for hydroxylation is 1. The number of carbonyl (C=O) groups is 2. The Morgan fingerprint density at radius 1 is 0.778 bits per heavy atom. The maximum atomic E-state index is 14.5. The van der Waals surface area contributed by atoms with Gasteiger partial charge in [-0.2, -0.15) is 0 Å². The maximum Gasteiger partial charge on any atom is 0.264 e. The van der Waals surface area contributed by atoms with Crippen molar-refractivity contribution < 1.29 is 18.0 Å². The lowest BCUT2D eigenvalue weighted by atomic mass is 10.0. The lowest BCUT2D eigenvalue weighted by Gasteiger charge is -2.34. The molecule has 0 spiro atoms. The molecule has 0 fully saturated rings. The zero-order valence-corrected chi connectivity index (χ0v) is 27.3. The van der Waals surface area contributed by atoms with Crippen molar-refractivity contribution in [1.29, 1.82) is 0 Å². The molecule has 0 bridgehead atoms. The van der Waals surface area contributed by atoms with E-state index in [4.69, 9.17) is 0 Å². The number of anilines is 1. The largest absolute Gasteiger partial charge is 0.354 e. The van der Waals surface area contributed by atoms with Crippen LogP contribution in [0, 0.1) is 6.92 Å². The number of hydrogen-bond acceptors (Lipinski definition) is 4. The molecule has 236 valence electrons. The molecule has 45 heavy (non-hydrogen) atoms. The van der Waals surface area contributed by atoms with Crippen molar-refractivity contribution in [2.75, 3.05) is 17.4 Å². The average molecular weight is 626 g/mol. The first-order chi connectivity index (χ1) is 21.6. The zero-order chi connectivity index (χ0) is 32.4. The van der Waals surface area contributed by atoms with Crippen LogP contribution in [-0.4, -0.2) is 44.3 Å². The van der Waals surface area contributed by atoms with Gasteiger partial charge in [0.25, 0.3) is 10.0 Å². The highest BCUT2D eigenvalue weighted by molar-refractivity contribution is 7.92. The third kappa shape index (κ3) is 8.82. The molecule has 1 atom stereocenters. The molecule has 7 nitrogen and oxygen atoms in total. The summed E-state index contributed by atoms with van der Waals surface area (Å²) in [4.78, 5) is 29.8. The highest BCUT2D eigenvalue weighted by atomic mass is 32.2. The molecule has 4 rings (SSSR count). The zero-order valence-electron chi connectivity index (χ0n) is 26.5. The Morgan fingerprint density at radius 2 is 1.36 bits per heavy atom. The van der Waals surface area contributed by atoms with Crippen molar-refractivity contribution in [3.63, 3.8) is 0 Å². The molecular weight excluding hydrogens is 582 g/mol. The summed E-state index contributed by atoms with van der Waals surface area (Å²) in [5, 5.41) is 2.97. The summed E-state index contributed by atoms with van der Waals surface area (Å²) in [5.74, 6) is -0.501. The Hall–Kier alpha value is -4.43. The van der Waals surface area contributed by atoms with Gasteiger partial charge in [-0.1, -0.05) is 111 Å². The monoisotopic (exact) mass is 625 g/mol. The summed E-state index contributed by atoms with van der Waals surface area (Å²) in [6.45, 7) is 8.12. The SMILES string of the molecule is CCCNC(=O)[C@H](Cc1ccccc1)N(Cc1ccccc1)C(=O)CN(c1ccc(C(C)C)cc1)S(=O)(=O)c1ccc(C)cc1. The number of nitrogens with one attached hydrogen (secondary N) is 1. The average Bonchev–Trinajstić information content (AvgIpc) is 3.05. The minimum atomic E-state index is -4.14. The van der Waals surface area contributed by atoms with E-state index in [-0.39, 0.29) is 29.7 Å². The van der Waals surface area contributed by atoms with Crippen LogP contribution in [0.4, 0.5) is 5.69 Å². The molecule has 0 aliphatic rings. The van der Waals surface area contributed by atoms with Gasteiger partial charge in [0, 0.05) is 19.5 Å². The highest BCUT2D eigenvalue weighted by Gasteiger charge is 2.34. The summed E-state index contributed by atoms with van der Waals surface area (Å²) in [6.07, 6.45) is 1.02. The Labute approximate surface area is 268 Å². The van der Waals surface area contributed by atoms with E-state index in [2.05, 4.69) is 19.2 Å². The van der Waals surface area contributed by atoms with Crippen LogP contribution in [-0.2, 0) is 32.6 Å². The molecule has 8 heteroatoms. The number of amides is 2. The van der Waals surface area contributed by atoms with Crippen LogP contribution in [0.25, 0.3) is 0 Å². The minimum absolute atomic E-state index is 0.0879. The van der Waals surface area contributed by atoms with Crippen molar-refractivity contribution in [2.45, 2.75) is 63.9 Å². The number of nitrogens with zero attached hydrogens (tertiary/aromatic N) is 2. The Kier molecular flexibility index (Phi) is 11.5. The third-order valence-electron chi connectivity index (χ3n) is 7.75. The van der Waals surface area contributed by atoms with Crippen molar-refractivity contribution in [3.05, 3.63) is 131 Å². The van der Waals surface area contributed by atoms with E-state index in [0.29, 0.717) is 12.2 Å². The Bertz CT molecular complexity index is 1640. The second kappa shape index (κ2) is 15.5. The van der Waals surface area contributed by atoms with Gasteiger partial charge in [-0.3, -0.25) is 13.9 Å². The van der Waals surface area contributed by atoms with E-state index in [9.17, 15) is 18.0 Å². The maximum absolute atomic E-state index is 14.5. The van der Waals surface area contributed by atoms with Crippen LogP contribution in [0.1, 0.15) is 55.4 Å². The Morgan fingerprint density at radius 3 is 1.91 bits per heavy atom. The summed E-state index contributed by atoms with van der Waals surface area (Å²) in [5.41, 5.74) is 4.09. The molecule has 4 aromatic carbocycles. The van der Waals surface area contributed by atoms with Gasteiger partial charge in [0.2, 0.25) is 11.8 Å². The molecule has 0 aliphatic carbocycles. The van der Waals surface area contributed by atoms with Gasteiger partial charge in [-0.25, -0.2) is 8.42 Å². The van der Waals surface area contributed by atoms with E-state index < -0.39 is 28.5 Å². The molecule has 0 heterocycles. The molecule has 0 saturated heterocycles. The fourth-order valence-electron chi connectivity index (χ4n) is 5.09. The van der Waals surface area contributed by atoms with Crippen LogP contribution in [0.15, 0.2) is 114 Å². The van der Waals surface area contributed by atoms with E-state index in [1.165, 1.54) is 4.90 Å². The molecule has 0 saturated carbocycles. The van der Waals surface area contributed by atoms with Gasteiger partial charge < -0.3 is 10.2 Å². The number of hydrogen-bond donors (Lipinski definition) is 1. The second-order valence-electron chi connectivity index (χ2n) is 11.6. The lowest BCUT2D eigenvalue weighted by molar-refractivity contribution is -0.140. The molecule has 0 aromatic heterocycles. The molecule has 0 unspecified atom stereocenters. The Balaban J connectivity index is 1.79. The van der Waals surface area contributed by atoms with Gasteiger partial charge in [0.1, 0.15) is 12.6 Å². The first-order valence-electron chi connectivity index (χ1n) is 15.4. The third-order valence-corrected chi connectivity index (χ3v) is 9.54. The van der Waals surface area contributed by atoms with Crippen molar-refractivity contribution in [3.8, 4) is 0 Å². The molecule has 0 aliphatic heterocycles. The summed E-state index contributed by atoms with van der Waals surface area (Å²) < 4.78 is 29.5. The van der Waals surface area contributed by atoms with Crippen LogP contribution >= 0.6 is 0 Å². The standard InChI is InChI=1S/C37H43N3O4S/c1-5-24-38-37(42)35(25-30-12-8-6-9-13-30)39(26-31-14-10-7-11-15-31)36(41)27-40(33-20-18-32(19-21-33)28(2)3)45(43,44)34-22-16-29(4)17-23-34/h6-23,28,35H,5,24-27H2,1-4H3,(H,38,42)/t35-/m0/s1. The van der Waals surface area contributed by atoms with Crippen molar-refractivity contribution >= 4 is 27.5 Å². The van der Waals surface area contributed by atoms with E-state index in [1.54, 1.807) is 36.4 Å². The molecular formula is C37H43N3O4S. The first kappa shape index (κ1) is 33.5. The molecule has 1 N–H and O–H groups in total. The van der Waals surface area contributed by atoms with Gasteiger partial charge in [0.15, 0.2) is 0 Å². The van der Waals surface area contributed by atoms with E-state index in [0.717, 1.165) is 33.0 Å². The molecule has 4 aromatic rings. The number of carbonyl (C=O) groups excluding carboxylic acids is 2. The predicted molar refractivity (Wildman–Crippen MR) is 180 cm³/mol. The fraction of sp³-hybridized carbons (Fsp3) is 0.297. The molecule has 2 amide bonds. The van der Waals surface area contributed by atoms with Crippen LogP contribution in [0.3, 0.4) is 0 Å². The van der Waals surface area contributed by atoms with Gasteiger partial charge in [0.05, 0.1) is 10.6 Å². The van der Waals surface area contributed by atoms with Gasteiger partial charge >= 0.3 is 0 Å². The predicted octanol–water partition coefficient (Wildman–Crippen LogP) is 6.48. The number of rotatable bonds is 14. The normalized spacial score (nSPS) is 12.0. The van der Waals surface area contributed by atoms with Crippen LogP contribution in [0.5, 0.6) is 0 Å². The smallest absolute Gasteiger partial charge is 0.264 e. The second-order valence-corrected chi connectivity index (χ2v) is 13.4. The number of sulfonamides is 1. The van der Waals surface area contributed by atoms with Gasteiger partial charge in [-0.15, -0.1) is 0 Å². The summed E-state index contributed by atoms with van der Waals surface area (Å²) in [7, 11) is -4.14. The summed E-state index contributed by atoms with van der Waals surface area (Å²) in [6, 6.07) is 32.0. The lowest BCUT2D eigenvalue weighted by Crippen LogP contribution is -2.53. The van der Waals surface area contributed by atoms with E-state index in [1.807, 2.05) is 86.6 Å². The van der Waals surface area contributed by atoms with Crippen molar-refractivity contribution in [1.82, 2.24) is 10.2 Å². The van der Waals surface area contributed by atoms with Crippen molar-refractivity contribution in [2.24, 2.45) is 0 Å². The van der Waals surface area contributed by atoms with Gasteiger partial charge in [-0.05, 0) is 60.2 Å². The van der Waals surface area contributed by atoms with Crippen LogP contribution < -0.4 is 9.62 Å². The minimum Gasteiger partial charge on any atom is -0.354 e.